The lowest BCUT2D eigenvalue weighted by molar-refractivity contribution is 0.0978. The highest BCUT2D eigenvalue weighted by Crippen LogP contribution is 2.29. The third kappa shape index (κ3) is 2.58. The summed E-state index contributed by atoms with van der Waals surface area (Å²) < 4.78 is 5.39. The van der Waals surface area contributed by atoms with Gasteiger partial charge >= 0.3 is 0 Å². The van der Waals surface area contributed by atoms with Gasteiger partial charge in [-0.05, 0) is 37.8 Å². The summed E-state index contributed by atoms with van der Waals surface area (Å²) in [7, 11) is 0. The quantitative estimate of drug-likeness (QED) is 0.867. The molecular formula is C17H20N2O2. The van der Waals surface area contributed by atoms with Crippen molar-refractivity contribution >= 4 is 11.6 Å². The molecule has 1 aromatic heterocycles. The van der Waals surface area contributed by atoms with Crippen LogP contribution in [0.15, 0.2) is 34.9 Å². The summed E-state index contributed by atoms with van der Waals surface area (Å²) in [6, 6.07) is 9.70. The van der Waals surface area contributed by atoms with E-state index < -0.39 is 0 Å². The van der Waals surface area contributed by atoms with Gasteiger partial charge in [0.25, 0.3) is 5.91 Å². The van der Waals surface area contributed by atoms with Gasteiger partial charge in [-0.15, -0.1) is 0 Å². The predicted molar refractivity (Wildman–Crippen MR) is 81.5 cm³/mol. The Hall–Kier alpha value is -2.10. The molecule has 1 aliphatic carbocycles. The molecule has 110 valence electrons. The molecule has 2 aromatic rings. The second-order valence-corrected chi connectivity index (χ2v) is 5.67. The van der Waals surface area contributed by atoms with Gasteiger partial charge in [0.15, 0.2) is 5.69 Å². The van der Waals surface area contributed by atoms with Crippen molar-refractivity contribution in [2.45, 2.75) is 33.1 Å². The number of carbonyl (C=O) groups excluding carboxylic acids is 1. The van der Waals surface area contributed by atoms with Crippen molar-refractivity contribution in [1.82, 2.24) is 5.16 Å². The monoisotopic (exact) mass is 284 g/mol. The van der Waals surface area contributed by atoms with Crippen molar-refractivity contribution in [3.63, 3.8) is 0 Å². The van der Waals surface area contributed by atoms with E-state index in [0.717, 1.165) is 36.3 Å². The van der Waals surface area contributed by atoms with Crippen molar-refractivity contribution in [2.75, 3.05) is 11.4 Å². The second-order valence-electron chi connectivity index (χ2n) is 5.67. The zero-order chi connectivity index (χ0) is 14.8. The van der Waals surface area contributed by atoms with E-state index in [9.17, 15) is 4.79 Å². The minimum atomic E-state index is -0.0669. The highest BCUT2D eigenvalue weighted by molar-refractivity contribution is 6.05. The summed E-state index contributed by atoms with van der Waals surface area (Å²) >= 11 is 0. The minimum absolute atomic E-state index is 0.0669. The lowest BCUT2D eigenvalue weighted by Crippen LogP contribution is -2.32. The van der Waals surface area contributed by atoms with E-state index in [-0.39, 0.29) is 5.91 Å². The highest BCUT2D eigenvalue weighted by atomic mass is 16.5. The fraction of sp³-hybridized carbons (Fsp3) is 0.412. The van der Waals surface area contributed by atoms with Gasteiger partial charge < -0.3 is 9.42 Å². The molecule has 0 fully saturated rings. The first-order chi connectivity index (χ1) is 10.2. The second kappa shape index (κ2) is 5.72. The van der Waals surface area contributed by atoms with Crippen LogP contribution in [0, 0.1) is 5.92 Å². The van der Waals surface area contributed by atoms with Crippen molar-refractivity contribution in [3.8, 4) is 0 Å². The minimum Gasteiger partial charge on any atom is -0.360 e. The molecule has 0 radical (unpaired) electrons. The molecule has 1 aromatic carbocycles. The van der Waals surface area contributed by atoms with Crippen molar-refractivity contribution < 1.29 is 9.32 Å². The first-order valence-electron chi connectivity index (χ1n) is 7.55. The average Bonchev–Trinajstić information content (AvgIpc) is 2.92. The number of nitrogens with zero attached hydrogens (tertiary/aromatic N) is 2. The third-order valence-corrected chi connectivity index (χ3v) is 4.12. The van der Waals surface area contributed by atoms with Gasteiger partial charge in [-0.2, -0.15) is 0 Å². The van der Waals surface area contributed by atoms with Crippen molar-refractivity contribution in [1.29, 1.82) is 0 Å². The molecule has 0 saturated carbocycles. The van der Waals surface area contributed by atoms with Gasteiger partial charge in [0.1, 0.15) is 5.76 Å². The molecule has 21 heavy (non-hydrogen) atoms. The van der Waals surface area contributed by atoms with Crippen LogP contribution in [0.25, 0.3) is 0 Å². The van der Waals surface area contributed by atoms with Crippen molar-refractivity contribution in [3.05, 3.63) is 47.3 Å². The first kappa shape index (κ1) is 13.9. The summed E-state index contributed by atoms with van der Waals surface area (Å²) in [4.78, 5) is 14.6. The lowest BCUT2D eigenvalue weighted by atomic mass is 9.88. The zero-order valence-corrected chi connectivity index (χ0v) is 12.5. The molecule has 1 atom stereocenters. The molecule has 3 rings (SSSR count). The van der Waals surface area contributed by atoms with Crippen molar-refractivity contribution in [2.24, 2.45) is 5.92 Å². The molecule has 0 saturated heterocycles. The summed E-state index contributed by atoms with van der Waals surface area (Å²) in [5.41, 5.74) is 2.39. The molecular weight excluding hydrogens is 264 g/mol. The SMILES string of the molecule is CCN(C(=O)c1noc2c1C[C@H](C)CC2)c1ccccc1. The van der Waals surface area contributed by atoms with Crippen LogP contribution in [-0.4, -0.2) is 17.6 Å². The number of hydrogen-bond acceptors (Lipinski definition) is 3. The Balaban J connectivity index is 1.93. The van der Waals surface area contributed by atoms with Crippen LogP contribution in [0.1, 0.15) is 42.1 Å². The number of aromatic nitrogens is 1. The van der Waals surface area contributed by atoms with E-state index >= 15 is 0 Å². The Morgan fingerprint density at radius 2 is 2.14 bits per heavy atom. The third-order valence-electron chi connectivity index (χ3n) is 4.12. The standard InChI is InChI=1S/C17H20N2O2/c1-3-19(13-7-5-4-6-8-13)17(20)16-14-11-12(2)9-10-15(14)21-18-16/h4-8,12H,3,9-11H2,1-2H3/t12-/m1/s1. The number of hydrogen-bond donors (Lipinski definition) is 0. The van der Waals surface area contributed by atoms with E-state index in [1.54, 1.807) is 4.90 Å². The number of amides is 1. The first-order valence-corrected chi connectivity index (χ1v) is 7.55. The number of fused-ring (bicyclic) bond motifs is 1. The lowest BCUT2D eigenvalue weighted by Gasteiger charge is -2.21. The van der Waals surface area contributed by atoms with E-state index in [0.29, 0.717) is 18.2 Å². The predicted octanol–water partition coefficient (Wildman–Crippen LogP) is 3.47. The Bertz CT molecular complexity index is 633. The number of carbonyl (C=O) groups is 1. The number of anilines is 1. The molecule has 1 heterocycles. The molecule has 0 unspecified atom stereocenters. The summed E-state index contributed by atoms with van der Waals surface area (Å²) in [5, 5.41) is 4.06. The number of rotatable bonds is 3. The van der Waals surface area contributed by atoms with Crippen LogP contribution in [0.4, 0.5) is 5.69 Å². The maximum atomic E-state index is 12.8. The molecule has 0 aliphatic heterocycles. The van der Waals surface area contributed by atoms with Gasteiger partial charge in [0.2, 0.25) is 0 Å². The van der Waals surface area contributed by atoms with Crippen LogP contribution < -0.4 is 4.90 Å². The molecule has 4 nitrogen and oxygen atoms in total. The Morgan fingerprint density at radius 3 is 2.86 bits per heavy atom. The summed E-state index contributed by atoms with van der Waals surface area (Å²) in [5.74, 6) is 1.40. The Kier molecular flexibility index (Phi) is 3.78. The van der Waals surface area contributed by atoms with Gasteiger partial charge in [0, 0.05) is 24.2 Å². The Morgan fingerprint density at radius 1 is 1.38 bits per heavy atom. The normalized spacial score (nSPS) is 17.3. The molecule has 1 aliphatic rings. The number of benzene rings is 1. The molecule has 0 bridgehead atoms. The van der Waals surface area contributed by atoms with E-state index in [2.05, 4.69) is 12.1 Å². The smallest absolute Gasteiger partial charge is 0.280 e. The fourth-order valence-corrected chi connectivity index (χ4v) is 2.93. The van der Waals surface area contributed by atoms with Crippen LogP contribution in [0.5, 0.6) is 0 Å². The molecule has 4 heteroatoms. The van der Waals surface area contributed by atoms with Gasteiger partial charge in [-0.1, -0.05) is 30.3 Å². The topological polar surface area (TPSA) is 46.3 Å². The molecule has 0 spiro atoms. The average molecular weight is 284 g/mol. The van der Waals surface area contributed by atoms with E-state index in [4.69, 9.17) is 4.52 Å². The van der Waals surface area contributed by atoms with E-state index in [1.807, 2.05) is 37.3 Å². The maximum absolute atomic E-state index is 12.8. The molecule has 0 N–H and O–H groups in total. The molecule has 1 amide bonds. The van der Waals surface area contributed by atoms with Crippen LogP contribution >= 0.6 is 0 Å². The zero-order valence-electron chi connectivity index (χ0n) is 12.5. The summed E-state index contributed by atoms with van der Waals surface area (Å²) in [6.45, 7) is 4.79. The van der Waals surface area contributed by atoms with Crippen LogP contribution in [0.3, 0.4) is 0 Å². The fourth-order valence-electron chi connectivity index (χ4n) is 2.93. The van der Waals surface area contributed by atoms with Gasteiger partial charge in [0.05, 0.1) is 0 Å². The van der Waals surface area contributed by atoms with Gasteiger partial charge in [-0.25, -0.2) is 0 Å². The highest BCUT2D eigenvalue weighted by Gasteiger charge is 2.29. The van der Waals surface area contributed by atoms with E-state index in [1.165, 1.54) is 0 Å². The maximum Gasteiger partial charge on any atom is 0.280 e. The van der Waals surface area contributed by atoms with Crippen LogP contribution in [-0.2, 0) is 12.8 Å². The number of aryl methyl sites for hydroxylation is 1. The summed E-state index contributed by atoms with van der Waals surface area (Å²) in [6.07, 6.45) is 2.87. The van der Waals surface area contributed by atoms with Crippen LogP contribution in [0.2, 0.25) is 0 Å². The van der Waals surface area contributed by atoms with Gasteiger partial charge in [-0.3, -0.25) is 4.79 Å². The number of para-hydroxylation sites is 1. The Labute approximate surface area is 124 Å². The largest absolute Gasteiger partial charge is 0.360 e.